The largest absolute Gasteiger partial charge is 0.333 e. The summed E-state index contributed by atoms with van der Waals surface area (Å²) in [6.07, 6.45) is 14.8. The van der Waals surface area contributed by atoms with E-state index in [1.54, 1.807) is 6.42 Å². The van der Waals surface area contributed by atoms with E-state index in [0.29, 0.717) is 0 Å². The van der Waals surface area contributed by atoms with Crippen LogP contribution in [-0.2, 0) is 6.42 Å². The van der Waals surface area contributed by atoms with E-state index < -0.39 is 0 Å². The zero-order valence-corrected chi connectivity index (χ0v) is 21.3. The van der Waals surface area contributed by atoms with Gasteiger partial charge in [-0.25, -0.2) is 0 Å². The first-order chi connectivity index (χ1) is 15.7. The molecule has 2 heteroatoms. The Hall–Kier alpha value is -1.64. The number of benzene rings is 2. The number of nitrogens with two attached hydrogens (primary N) is 2. The molecule has 0 aromatic heterocycles. The SMILES string of the molecule is CC1CCC(CC2CCC(C)CC2)CC1.CN.CN.c1ccc(Cc2ccccc2)cc1. The average Bonchev–Trinajstić information content (AvgIpc) is 2.86. The smallest absolute Gasteiger partial charge is 0.00258 e. The molecule has 4 N–H and O–H groups in total. The second kappa shape index (κ2) is 17.9. The highest BCUT2D eigenvalue weighted by molar-refractivity contribution is 5.25. The van der Waals surface area contributed by atoms with E-state index in [9.17, 15) is 0 Å². The van der Waals surface area contributed by atoms with Gasteiger partial charge in [0.2, 0.25) is 0 Å². The first kappa shape index (κ1) is 28.4. The van der Waals surface area contributed by atoms with Crippen LogP contribution in [0.25, 0.3) is 0 Å². The lowest BCUT2D eigenvalue weighted by molar-refractivity contribution is 0.201. The Labute approximate surface area is 199 Å². The summed E-state index contributed by atoms with van der Waals surface area (Å²) in [4.78, 5) is 0. The Morgan fingerprint density at radius 2 is 0.844 bits per heavy atom. The predicted octanol–water partition coefficient (Wildman–Crippen LogP) is 7.46. The summed E-state index contributed by atoms with van der Waals surface area (Å²) >= 11 is 0. The molecule has 2 fully saturated rings. The van der Waals surface area contributed by atoms with Crippen LogP contribution in [0.2, 0.25) is 0 Å². The second-order valence-electron chi connectivity index (χ2n) is 9.64. The third-order valence-corrected chi connectivity index (χ3v) is 7.03. The molecule has 0 amide bonds. The maximum atomic E-state index is 4.50. The quantitative estimate of drug-likeness (QED) is 0.520. The summed E-state index contributed by atoms with van der Waals surface area (Å²) in [5.74, 6) is 4.24. The van der Waals surface area contributed by atoms with Crippen molar-refractivity contribution >= 4 is 0 Å². The summed E-state index contributed by atoms with van der Waals surface area (Å²) in [6, 6.07) is 21.1. The van der Waals surface area contributed by atoms with Gasteiger partial charge in [-0.2, -0.15) is 0 Å². The molecule has 0 radical (unpaired) electrons. The molecule has 4 rings (SSSR count). The minimum atomic E-state index is 1.02. The highest BCUT2D eigenvalue weighted by Gasteiger charge is 2.24. The Kier molecular flexibility index (Phi) is 15.8. The Bertz CT molecular complexity index is 582. The molecule has 0 bridgehead atoms. The molecular formula is C30H50N2. The minimum Gasteiger partial charge on any atom is -0.333 e. The molecule has 2 saturated carbocycles. The maximum absolute atomic E-state index is 4.50. The highest BCUT2D eigenvalue weighted by Crippen LogP contribution is 2.37. The van der Waals surface area contributed by atoms with Gasteiger partial charge < -0.3 is 11.5 Å². The summed E-state index contributed by atoms with van der Waals surface area (Å²) in [5.41, 5.74) is 11.7. The summed E-state index contributed by atoms with van der Waals surface area (Å²) < 4.78 is 0. The number of hydrogen-bond acceptors (Lipinski definition) is 2. The first-order valence-electron chi connectivity index (χ1n) is 12.9. The second-order valence-corrected chi connectivity index (χ2v) is 9.64. The van der Waals surface area contributed by atoms with Gasteiger partial charge in [0.25, 0.3) is 0 Å². The molecule has 0 atom stereocenters. The van der Waals surface area contributed by atoms with E-state index in [1.807, 2.05) is 0 Å². The van der Waals surface area contributed by atoms with Crippen molar-refractivity contribution < 1.29 is 0 Å². The fourth-order valence-corrected chi connectivity index (χ4v) is 5.03. The zero-order chi connectivity index (χ0) is 23.6. The van der Waals surface area contributed by atoms with Crippen LogP contribution in [0.1, 0.15) is 82.8 Å². The monoisotopic (exact) mass is 438 g/mol. The Morgan fingerprint density at radius 3 is 1.16 bits per heavy atom. The summed E-state index contributed by atoms with van der Waals surface area (Å²) in [7, 11) is 3.00. The molecule has 2 aromatic rings. The van der Waals surface area contributed by atoms with Gasteiger partial charge in [-0.15, -0.1) is 0 Å². The van der Waals surface area contributed by atoms with Crippen LogP contribution in [0.3, 0.4) is 0 Å². The van der Waals surface area contributed by atoms with E-state index >= 15 is 0 Å². The van der Waals surface area contributed by atoms with Crippen molar-refractivity contribution in [3.8, 4) is 0 Å². The van der Waals surface area contributed by atoms with Crippen molar-refractivity contribution in [2.45, 2.75) is 78.1 Å². The molecule has 0 spiro atoms. The van der Waals surface area contributed by atoms with Crippen LogP contribution in [0.4, 0.5) is 0 Å². The lowest BCUT2D eigenvalue weighted by atomic mass is 9.74. The van der Waals surface area contributed by atoms with E-state index in [1.165, 1.54) is 76.6 Å². The topological polar surface area (TPSA) is 52.0 Å². The van der Waals surface area contributed by atoms with Gasteiger partial charge in [0.15, 0.2) is 0 Å². The Balaban J connectivity index is 0.000000279. The summed E-state index contributed by atoms with van der Waals surface area (Å²) in [6.45, 7) is 4.86. The molecule has 0 heterocycles. The van der Waals surface area contributed by atoms with E-state index in [2.05, 4.69) is 86.0 Å². The Morgan fingerprint density at radius 1 is 0.531 bits per heavy atom. The van der Waals surface area contributed by atoms with Crippen molar-refractivity contribution in [3.05, 3.63) is 71.8 Å². The van der Waals surface area contributed by atoms with Crippen LogP contribution >= 0.6 is 0 Å². The molecular weight excluding hydrogens is 388 g/mol. The van der Waals surface area contributed by atoms with Crippen LogP contribution in [0, 0.1) is 23.7 Å². The normalized spacial score (nSPS) is 24.4. The fraction of sp³-hybridized carbons (Fsp3) is 0.600. The van der Waals surface area contributed by atoms with Gasteiger partial charge in [0.05, 0.1) is 0 Å². The van der Waals surface area contributed by atoms with E-state index in [4.69, 9.17) is 0 Å². The van der Waals surface area contributed by atoms with Gasteiger partial charge >= 0.3 is 0 Å². The minimum absolute atomic E-state index is 1.02. The van der Waals surface area contributed by atoms with E-state index in [0.717, 1.165) is 30.1 Å². The predicted molar refractivity (Wildman–Crippen MR) is 143 cm³/mol. The van der Waals surface area contributed by atoms with Gasteiger partial charge in [-0.1, -0.05) is 126 Å². The van der Waals surface area contributed by atoms with Crippen LogP contribution in [0.5, 0.6) is 0 Å². The van der Waals surface area contributed by atoms with E-state index in [-0.39, 0.29) is 0 Å². The van der Waals surface area contributed by atoms with Gasteiger partial charge in [0.1, 0.15) is 0 Å². The lowest BCUT2D eigenvalue weighted by Crippen LogP contribution is -2.19. The zero-order valence-electron chi connectivity index (χ0n) is 21.3. The molecule has 0 aliphatic heterocycles. The molecule has 32 heavy (non-hydrogen) atoms. The fourth-order valence-electron chi connectivity index (χ4n) is 5.03. The standard InChI is InChI=1S/C15H28.C13H12.2CH5N/c1-12-3-7-14(8-4-12)11-15-9-5-13(2)6-10-15;1-3-7-12(8-4-1)11-13-9-5-2-6-10-13;2*1-2/h12-15H,3-11H2,1-2H3;1-10H,11H2;2*2H2,1H3. The molecule has 2 aromatic carbocycles. The molecule has 2 aliphatic rings. The van der Waals surface area contributed by atoms with Gasteiger partial charge in [0, 0.05) is 0 Å². The van der Waals surface area contributed by atoms with Crippen molar-refractivity contribution in [2.24, 2.45) is 35.1 Å². The van der Waals surface area contributed by atoms with Crippen LogP contribution < -0.4 is 11.5 Å². The molecule has 0 unspecified atom stereocenters. The molecule has 0 saturated heterocycles. The van der Waals surface area contributed by atoms with Crippen LogP contribution in [-0.4, -0.2) is 14.1 Å². The maximum Gasteiger partial charge on any atom is -0.00258 e. The van der Waals surface area contributed by atoms with Crippen LogP contribution in [0.15, 0.2) is 60.7 Å². The van der Waals surface area contributed by atoms with Crippen molar-refractivity contribution in [1.82, 2.24) is 0 Å². The third-order valence-electron chi connectivity index (χ3n) is 7.03. The van der Waals surface area contributed by atoms with Crippen molar-refractivity contribution in [1.29, 1.82) is 0 Å². The first-order valence-corrected chi connectivity index (χ1v) is 12.9. The highest BCUT2D eigenvalue weighted by atomic mass is 14.4. The van der Waals surface area contributed by atoms with Crippen molar-refractivity contribution in [2.75, 3.05) is 14.1 Å². The molecule has 2 nitrogen and oxygen atoms in total. The third kappa shape index (κ3) is 11.8. The van der Waals surface area contributed by atoms with Crippen molar-refractivity contribution in [3.63, 3.8) is 0 Å². The summed E-state index contributed by atoms with van der Waals surface area (Å²) in [5, 5.41) is 0. The molecule has 2 aliphatic carbocycles. The number of hydrogen-bond donors (Lipinski definition) is 2. The molecule has 180 valence electrons. The average molecular weight is 439 g/mol. The lowest BCUT2D eigenvalue weighted by Gasteiger charge is -2.32. The number of rotatable bonds is 4. The van der Waals surface area contributed by atoms with Gasteiger partial charge in [-0.05, 0) is 61.7 Å². The van der Waals surface area contributed by atoms with Gasteiger partial charge in [-0.3, -0.25) is 0 Å².